The average Bonchev–Trinajstić information content (AvgIpc) is 2.11. The van der Waals surface area contributed by atoms with Gasteiger partial charge < -0.3 is 5.32 Å². The van der Waals surface area contributed by atoms with Crippen LogP contribution in [0, 0.1) is 0 Å². The van der Waals surface area contributed by atoms with Crippen molar-refractivity contribution in [1.82, 2.24) is 5.32 Å². The topological polar surface area (TPSA) is 29.1 Å². The minimum atomic E-state index is 0.169. The van der Waals surface area contributed by atoms with Crippen molar-refractivity contribution in [2.24, 2.45) is 0 Å². The summed E-state index contributed by atoms with van der Waals surface area (Å²) in [7, 11) is 0. The van der Waals surface area contributed by atoms with Gasteiger partial charge in [0.2, 0.25) is 5.91 Å². The number of thioether (sulfide) groups is 1. The Bertz CT molecular complexity index is 128. The molecule has 13 heavy (non-hydrogen) atoms. The van der Waals surface area contributed by atoms with E-state index in [0.29, 0.717) is 5.75 Å². The Morgan fingerprint density at radius 1 is 1.23 bits per heavy atom. The molecule has 0 bridgehead atoms. The lowest BCUT2D eigenvalue weighted by atomic mass is 10.2. The summed E-state index contributed by atoms with van der Waals surface area (Å²) in [4.78, 5) is 11.0. The molecule has 0 aliphatic heterocycles. The van der Waals surface area contributed by atoms with Crippen molar-refractivity contribution in [2.45, 2.75) is 39.5 Å². The van der Waals surface area contributed by atoms with Gasteiger partial charge in [-0.15, -0.1) is 0 Å². The van der Waals surface area contributed by atoms with E-state index in [2.05, 4.69) is 12.2 Å². The van der Waals surface area contributed by atoms with Gasteiger partial charge in [-0.2, -0.15) is 11.8 Å². The summed E-state index contributed by atoms with van der Waals surface area (Å²) in [5.41, 5.74) is 0. The van der Waals surface area contributed by atoms with Crippen LogP contribution in [0.3, 0.4) is 0 Å². The van der Waals surface area contributed by atoms with E-state index in [9.17, 15) is 4.79 Å². The van der Waals surface area contributed by atoms with Crippen molar-refractivity contribution < 1.29 is 4.79 Å². The van der Waals surface area contributed by atoms with E-state index in [1.54, 1.807) is 11.8 Å². The van der Waals surface area contributed by atoms with Crippen LogP contribution in [0.5, 0.6) is 0 Å². The molecule has 0 aromatic rings. The highest BCUT2D eigenvalue weighted by Crippen LogP contribution is 2.06. The van der Waals surface area contributed by atoms with Crippen molar-refractivity contribution in [2.75, 3.05) is 18.1 Å². The van der Waals surface area contributed by atoms with Gasteiger partial charge in [-0.1, -0.05) is 26.2 Å². The SMILES string of the molecule is CCCCCCSCC(=O)NCC. The zero-order valence-corrected chi connectivity index (χ0v) is 9.58. The number of carbonyl (C=O) groups is 1. The molecule has 0 fully saturated rings. The van der Waals surface area contributed by atoms with Crippen molar-refractivity contribution in [1.29, 1.82) is 0 Å². The first-order chi connectivity index (χ1) is 6.31. The molecule has 0 spiro atoms. The van der Waals surface area contributed by atoms with Crippen LogP contribution in [-0.4, -0.2) is 24.0 Å². The number of amides is 1. The molecule has 0 saturated heterocycles. The van der Waals surface area contributed by atoms with Crippen molar-refractivity contribution in [3.05, 3.63) is 0 Å². The first kappa shape index (κ1) is 12.8. The molecule has 0 aliphatic carbocycles. The maximum Gasteiger partial charge on any atom is 0.229 e. The fraction of sp³-hybridized carbons (Fsp3) is 0.900. The van der Waals surface area contributed by atoms with Gasteiger partial charge in [-0.3, -0.25) is 4.79 Å². The summed E-state index contributed by atoms with van der Waals surface area (Å²) in [6.45, 7) is 4.90. The van der Waals surface area contributed by atoms with E-state index in [0.717, 1.165) is 12.3 Å². The largest absolute Gasteiger partial charge is 0.356 e. The quantitative estimate of drug-likeness (QED) is 0.614. The van der Waals surface area contributed by atoms with Gasteiger partial charge in [-0.05, 0) is 19.1 Å². The van der Waals surface area contributed by atoms with Crippen LogP contribution in [0.25, 0.3) is 0 Å². The van der Waals surface area contributed by atoms with Gasteiger partial charge in [0, 0.05) is 6.54 Å². The van der Waals surface area contributed by atoms with Crippen LogP contribution >= 0.6 is 11.8 Å². The van der Waals surface area contributed by atoms with E-state index >= 15 is 0 Å². The lowest BCUT2D eigenvalue weighted by Crippen LogP contribution is -2.24. The Morgan fingerprint density at radius 3 is 2.62 bits per heavy atom. The molecule has 0 radical (unpaired) electrons. The predicted octanol–water partition coefficient (Wildman–Crippen LogP) is 2.44. The maximum atomic E-state index is 11.0. The zero-order chi connectivity index (χ0) is 9.94. The molecule has 0 heterocycles. The molecular formula is C10H21NOS. The van der Waals surface area contributed by atoms with E-state index in [4.69, 9.17) is 0 Å². The van der Waals surface area contributed by atoms with Crippen LogP contribution in [-0.2, 0) is 4.79 Å². The summed E-state index contributed by atoms with van der Waals surface area (Å²) in [6, 6.07) is 0. The highest BCUT2D eigenvalue weighted by molar-refractivity contribution is 7.99. The Labute approximate surface area is 85.9 Å². The molecule has 78 valence electrons. The molecule has 1 N–H and O–H groups in total. The Morgan fingerprint density at radius 2 is 2.00 bits per heavy atom. The lowest BCUT2D eigenvalue weighted by Gasteiger charge is -2.01. The van der Waals surface area contributed by atoms with Gasteiger partial charge in [0.05, 0.1) is 5.75 Å². The summed E-state index contributed by atoms with van der Waals surface area (Å²) in [5.74, 6) is 1.92. The maximum absolute atomic E-state index is 11.0. The molecule has 0 atom stereocenters. The third-order valence-electron chi connectivity index (χ3n) is 1.75. The second-order valence-corrected chi connectivity index (χ2v) is 4.17. The minimum Gasteiger partial charge on any atom is -0.356 e. The average molecular weight is 203 g/mol. The number of hydrogen-bond donors (Lipinski definition) is 1. The summed E-state index contributed by atoms with van der Waals surface area (Å²) < 4.78 is 0. The summed E-state index contributed by atoms with van der Waals surface area (Å²) in [6.07, 6.45) is 5.15. The van der Waals surface area contributed by atoms with Crippen LogP contribution in [0.4, 0.5) is 0 Å². The first-order valence-corrected chi connectivity index (χ1v) is 6.31. The van der Waals surface area contributed by atoms with Crippen LogP contribution < -0.4 is 5.32 Å². The third kappa shape index (κ3) is 9.74. The number of unbranched alkanes of at least 4 members (excludes halogenated alkanes) is 3. The second-order valence-electron chi connectivity index (χ2n) is 3.07. The van der Waals surface area contributed by atoms with Crippen LogP contribution in [0.1, 0.15) is 39.5 Å². The molecule has 0 unspecified atom stereocenters. The van der Waals surface area contributed by atoms with E-state index in [1.807, 2.05) is 6.92 Å². The van der Waals surface area contributed by atoms with Crippen molar-refractivity contribution in [3.8, 4) is 0 Å². The van der Waals surface area contributed by atoms with Gasteiger partial charge >= 0.3 is 0 Å². The Hall–Kier alpha value is -0.180. The van der Waals surface area contributed by atoms with Crippen molar-refractivity contribution in [3.63, 3.8) is 0 Å². The molecule has 0 rings (SSSR count). The molecule has 0 aromatic carbocycles. The second kappa shape index (κ2) is 9.90. The number of rotatable bonds is 8. The zero-order valence-electron chi connectivity index (χ0n) is 8.77. The van der Waals surface area contributed by atoms with Crippen LogP contribution in [0.2, 0.25) is 0 Å². The first-order valence-electron chi connectivity index (χ1n) is 5.15. The molecule has 0 saturated carbocycles. The number of nitrogens with one attached hydrogen (secondary N) is 1. The Kier molecular flexibility index (Phi) is 9.77. The summed E-state index contributed by atoms with van der Waals surface area (Å²) >= 11 is 1.74. The van der Waals surface area contributed by atoms with E-state index in [-0.39, 0.29) is 5.91 Å². The highest BCUT2D eigenvalue weighted by Gasteiger charge is 1.98. The van der Waals surface area contributed by atoms with E-state index < -0.39 is 0 Å². The van der Waals surface area contributed by atoms with E-state index in [1.165, 1.54) is 25.7 Å². The number of hydrogen-bond acceptors (Lipinski definition) is 2. The minimum absolute atomic E-state index is 0.169. The van der Waals surface area contributed by atoms with Gasteiger partial charge in [0.1, 0.15) is 0 Å². The van der Waals surface area contributed by atoms with Crippen LogP contribution in [0.15, 0.2) is 0 Å². The predicted molar refractivity (Wildman–Crippen MR) is 60.2 cm³/mol. The van der Waals surface area contributed by atoms with Gasteiger partial charge in [0.25, 0.3) is 0 Å². The van der Waals surface area contributed by atoms with Gasteiger partial charge in [0.15, 0.2) is 0 Å². The number of carbonyl (C=O) groups excluding carboxylic acids is 1. The molecule has 3 heteroatoms. The Balaban J connectivity index is 3.02. The fourth-order valence-electron chi connectivity index (χ4n) is 1.04. The fourth-order valence-corrected chi connectivity index (χ4v) is 1.88. The molecule has 2 nitrogen and oxygen atoms in total. The molecule has 0 aliphatic rings. The van der Waals surface area contributed by atoms with Gasteiger partial charge in [-0.25, -0.2) is 0 Å². The standard InChI is InChI=1S/C10H21NOS/c1-3-5-6-7-8-13-9-10(12)11-4-2/h3-9H2,1-2H3,(H,11,12). The summed E-state index contributed by atoms with van der Waals surface area (Å²) in [5, 5.41) is 2.79. The smallest absolute Gasteiger partial charge is 0.229 e. The van der Waals surface area contributed by atoms with Crippen molar-refractivity contribution >= 4 is 17.7 Å². The highest BCUT2D eigenvalue weighted by atomic mass is 32.2. The molecule has 0 aromatic heterocycles. The third-order valence-corrected chi connectivity index (χ3v) is 2.79. The lowest BCUT2D eigenvalue weighted by molar-refractivity contribution is -0.118. The monoisotopic (exact) mass is 203 g/mol. The molecular weight excluding hydrogens is 182 g/mol. The molecule has 1 amide bonds. The normalized spacial score (nSPS) is 10.0.